The molecule has 0 aliphatic heterocycles. The second-order valence-corrected chi connectivity index (χ2v) is 7.35. The molecule has 0 amide bonds. The Kier molecular flexibility index (Phi) is 11.4. The number of aliphatic hydroxyl groups excluding tert-OH is 1. The average molecular weight is 365 g/mol. The summed E-state index contributed by atoms with van der Waals surface area (Å²) in [6.45, 7) is 3.65. The fourth-order valence-electron chi connectivity index (χ4n) is 2.08. The summed E-state index contributed by atoms with van der Waals surface area (Å²) in [6, 6.07) is 0. The van der Waals surface area contributed by atoms with Gasteiger partial charge in [0.1, 0.15) is 11.5 Å². The van der Waals surface area contributed by atoms with E-state index in [-0.39, 0.29) is 11.9 Å². The normalized spacial score (nSPS) is 15.7. The molecular weight excluding hydrogens is 339 g/mol. The number of unbranched alkanes of at least 4 members (excludes halogenated alkanes) is 3. The highest BCUT2D eigenvalue weighted by molar-refractivity contribution is 7.91. The molecule has 0 fully saturated rings. The summed E-state index contributed by atoms with van der Waals surface area (Å²) in [6.07, 6.45) is -2.35. The van der Waals surface area contributed by atoms with Gasteiger partial charge < -0.3 is 9.66 Å². The molecule has 8 heteroatoms. The van der Waals surface area contributed by atoms with Crippen molar-refractivity contribution in [1.29, 1.82) is 0 Å². The first-order valence-electron chi connectivity index (χ1n) is 7.87. The minimum atomic E-state index is -5.53. The van der Waals surface area contributed by atoms with Crippen LogP contribution in [0.5, 0.6) is 0 Å². The van der Waals surface area contributed by atoms with Gasteiger partial charge in [0.25, 0.3) is 0 Å². The van der Waals surface area contributed by atoms with Crippen molar-refractivity contribution in [2.24, 2.45) is 0 Å². The van der Waals surface area contributed by atoms with E-state index in [9.17, 15) is 31.6 Å². The molecule has 0 rings (SSSR count). The fourth-order valence-corrected chi connectivity index (χ4v) is 3.27. The highest BCUT2D eigenvalue weighted by Crippen LogP contribution is 2.38. The Labute approximate surface area is 138 Å². The maximum absolute atomic E-state index is 12.6. The number of hydrogen-bond donors (Lipinski definition) is 1. The van der Waals surface area contributed by atoms with E-state index >= 15 is 0 Å². The van der Waals surface area contributed by atoms with Gasteiger partial charge in [-0.3, -0.25) is 0 Å². The summed E-state index contributed by atoms with van der Waals surface area (Å²) in [5, 5.41) is 9.48. The Morgan fingerprint density at radius 2 is 1.48 bits per heavy atom. The van der Waals surface area contributed by atoms with Crippen LogP contribution in [-0.4, -0.2) is 39.4 Å². The van der Waals surface area contributed by atoms with E-state index in [0.29, 0.717) is 31.4 Å². The molecule has 0 bridgehead atoms. The van der Waals surface area contributed by atoms with Crippen LogP contribution < -0.4 is 0 Å². The third-order valence-corrected chi connectivity index (χ3v) is 4.96. The number of halogens is 5. The maximum Gasteiger partial charge on any atom is 0.453 e. The quantitative estimate of drug-likeness (QED) is 0.294. The molecule has 2 atom stereocenters. The van der Waals surface area contributed by atoms with Gasteiger partial charge in [0.05, 0.1) is 6.10 Å². The third-order valence-electron chi connectivity index (χ3n) is 3.47. The first kappa shape index (κ1) is 22.9. The van der Waals surface area contributed by atoms with E-state index in [0.717, 1.165) is 19.3 Å². The van der Waals surface area contributed by atoms with Crippen LogP contribution in [0.25, 0.3) is 0 Å². The lowest BCUT2D eigenvalue weighted by molar-refractivity contribution is -0.284. The van der Waals surface area contributed by atoms with Gasteiger partial charge in [0.2, 0.25) is 0 Å². The highest BCUT2D eigenvalue weighted by Gasteiger charge is 2.56. The number of hydrogen-bond acceptors (Lipinski definition) is 2. The van der Waals surface area contributed by atoms with Crippen molar-refractivity contribution in [3.05, 3.63) is 6.92 Å². The van der Waals surface area contributed by atoms with Gasteiger partial charge in [0, 0.05) is 6.42 Å². The first-order valence-corrected chi connectivity index (χ1v) is 9.36. The topological polar surface area (TPSA) is 43.3 Å². The molecule has 2 unspecified atom stereocenters. The van der Waals surface area contributed by atoms with E-state index < -0.39 is 36.1 Å². The molecule has 0 heterocycles. The summed E-state index contributed by atoms with van der Waals surface area (Å²) in [4.78, 5) is 0. The molecule has 0 aromatic rings. The number of alkyl halides is 5. The molecule has 0 aliphatic carbocycles. The zero-order chi connectivity index (χ0) is 17.9. The SMILES string of the molecule is [CH2]CCC(O)CCCCCC[S+]([O-])CCCC(F)(F)C(F)(F)F. The molecular formula is C15H26F5O2S. The van der Waals surface area contributed by atoms with Crippen LogP contribution in [0.15, 0.2) is 0 Å². The predicted octanol–water partition coefficient (Wildman–Crippen LogP) is 4.64. The van der Waals surface area contributed by atoms with E-state index in [1.165, 1.54) is 0 Å². The Balaban J connectivity index is 3.60. The minimum Gasteiger partial charge on any atom is -0.616 e. The van der Waals surface area contributed by atoms with Crippen molar-refractivity contribution in [2.75, 3.05) is 11.5 Å². The van der Waals surface area contributed by atoms with Gasteiger partial charge in [-0.1, -0.05) is 37.4 Å². The van der Waals surface area contributed by atoms with Gasteiger partial charge >= 0.3 is 12.1 Å². The van der Waals surface area contributed by atoms with Crippen LogP contribution in [-0.2, 0) is 11.2 Å². The summed E-state index contributed by atoms with van der Waals surface area (Å²) in [7, 11) is 0. The van der Waals surface area contributed by atoms with Crippen molar-refractivity contribution in [3.63, 3.8) is 0 Å². The Morgan fingerprint density at radius 1 is 0.913 bits per heavy atom. The van der Waals surface area contributed by atoms with E-state index in [2.05, 4.69) is 6.92 Å². The van der Waals surface area contributed by atoms with Crippen LogP contribution in [0.4, 0.5) is 22.0 Å². The third kappa shape index (κ3) is 11.2. The van der Waals surface area contributed by atoms with Crippen molar-refractivity contribution in [1.82, 2.24) is 0 Å². The summed E-state index contributed by atoms with van der Waals surface area (Å²) in [5.74, 6) is -4.51. The Bertz CT molecular complexity index is 300. The number of aliphatic hydroxyl groups is 1. The Morgan fingerprint density at radius 3 is 2.04 bits per heavy atom. The smallest absolute Gasteiger partial charge is 0.453 e. The molecule has 0 aromatic carbocycles. The maximum atomic E-state index is 12.6. The number of rotatable bonds is 13. The molecule has 0 aliphatic rings. The van der Waals surface area contributed by atoms with Gasteiger partial charge in [-0.2, -0.15) is 22.0 Å². The average Bonchev–Trinajstić information content (AvgIpc) is 2.41. The van der Waals surface area contributed by atoms with Crippen molar-refractivity contribution in [2.45, 2.75) is 76.0 Å². The van der Waals surface area contributed by atoms with Gasteiger partial charge in [-0.05, 0) is 32.1 Å². The van der Waals surface area contributed by atoms with E-state index in [1.807, 2.05) is 0 Å². The largest absolute Gasteiger partial charge is 0.616 e. The fraction of sp³-hybridized carbons (Fsp3) is 0.933. The summed E-state index contributed by atoms with van der Waals surface area (Å²) < 4.78 is 72.6. The van der Waals surface area contributed by atoms with Gasteiger partial charge in [-0.15, -0.1) is 0 Å². The van der Waals surface area contributed by atoms with Crippen LogP contribution in [0.1, 0.15) is 57.8 Å². The first-order chi connectivity index (χ1) is 10.6. The second kappa shape index (κ2) is 11.5. The second-order valence-electron chi connectivity index (χ2n) is 5.65. The van der Waals surface area contributed by atoms with Crippen molar-refractivity contribution >= 4 is 11.2 Å². The van der Waals surface area contributed by atoms with Crippen LogP contribution in [0.3, 0.4) is 0 Å². The van der Waals surface area contributed by atoms with Gasteiger partial charge in [0.15, 0.2) is 0 Å². The molecule has 0 spiro atoms. The lowest BCUT2D eigenvalue weighted by Crippen LogP contribution is -2.36. The molecule has 139 valence electrons. The molecule has 0 aromatic heterocycles. The molecule has 0 saturated heterocycles. The van der Waals surface area contributed by atoms with E-state index in [1.54, 1.807) is 0 Å². The van der Waals surface area contributed by atoms with Gasteiger partial charge in [-0.25, -0.2) is 0 Å². The van der Waals surface area contributed by atoms with E-state index in [4.69, 9.17) is 0 Å². The highest BCUT2D eigenvalue weighted by atomic mass is 32.2. The molecule has 1 N–H and O–H groups in total. The summed E-state index contributed by atoms with van der Waals surface area (Å²) in [5.41, 5.74) is 0. The predicted molar refractivity (Wildman–Crippen MR) is 81.8 cm³/mol. The minimum absolute atomic E-state index is 0.131. The van der Waals surface area contributed by atoms with Crippen LogP contribution >= 0.6 is 0 Å². The zero-order valence-corrected chi connectivity index (χ0v) is 14.0. The lowest BCUT2D eigenvalue weighted by atomic mass is 10.1. The molecule has 23 heavy (non-hydrogen) atoms. The van der Waals surface area contributed by atoms with Crippen LogP contribution in [0, 0.1) is 6.92 Å². The standard InChI is InChI=1S/C15H26F5O2S/c1-2-8-13(21)9-5-3-4-6-11-23(22)12-7-10-14(16,17)15(18,19)20/h13,21H,1-12H2. The Hall–Kier alpha value is -0.0800. The molecule has 0 saturated carbocycles. The van der Waals surface area contributed by atoms with Crippen LogP contribution in [0.2, 0.25) is 0 Å². The van der Waals surface area contributed by atoms with Crippen molar-refractivity contribution in [3.8, 4) is 0 Å². The lowest BCUT2D eigenvalue weighted by Gasteiger charge is -2.19. The molecule has 1 radical (unpaired) electrons. The monoisotopic (exact) mass is 365 g/mol. The molecule has 2 nitrogen and oxygen atoms in total. The van der Waals surface area contributed by atoms with Crippen molar-refractivity contribution < 1.29 is 31.6 Å². The summed E-state index contributed by atoms with van der Waals surface area (Å²) >= 11 is -1.36. The zero-order valence-electron chi connectivity index (χ0n) is 13.2.